The van der Waals surface area contributed by atoms with Crippen LogP contribution in [0.1, 0.15) is 53.8 Å². The highest BCUT2D eigenvalue weighted by molar-refractivity contribution is 5.79. The maximum atomic E-state index is 11.0. The molecule has 0 aromatic carbocycles. The smallest absolute Gasteiger partial charge is 0.133 e. The second-order valence-corrected chi connectivity index (χ2v) is 7.39. The Bertz CT molecular complexity index is 442. The molecule has 0 aromatic rings. The lowest BCUT2D eigenvalue weighted by molar-refractivity contribution is -0.122. The van der Waals surface area contributed by atoms with E-state index in [0.717, 1.165) is 24.2 Å². The fourth-order valence-corrected chi connectivity index (χ4v) is 4.99. The third-order valence-corrected chi connectivity index (χ3v) is 6.06. The van der Waals surface area contributed by atoms with E-state index in [1.54, 1.807) is 13.8 Å². The largest absolute Gasteiger partial charge is 0.300 e. The molecule has 0 saturated heterocycles. The van der Waals surface area contributed by atoms with Gasteiger partial charge in [0.2, 0.25) is 0 Å². The number of rotatable bonds is 2. The van der Waals surface area contributed by atoms with Crippen molar-refractivity contribution in [2.45, 2.75) is 52.4 Å². The first-order valence-electron chi connectivity index (χ1n) is 8.23. The van der Waals surface area contributed by atoms with Crippen LogP contribution in [0.25, 0.3) is 0 Å². The van der Waals surface area contributed by atoms with Crippen LogP contribution in [0.5, 0.6) is 0 Å². The van der Waals surface area contributed by atoms with E-state index in [2.05, 4.69) is 12.2 Å². The molecule has 0 aromatic heterocycles. The predicted molar refractivity (Wildman–Crippen MR) is 81.3 cm³/mol. The number of hydrogen-bond acceptors (Lipinski definition) is 2. The molecular weight excluding hydrogens is 248 g/mol. The van der Waals surface area contributed by atoms with E-state index in [-0.39, 0.29) is 1.43 Å². The van der Waals surface area contributed by atoms with E-state index >= 15 is 0 Å². The summed E-state index contributed by atoms with van der Waals surface area (Å²) < 4.78 is 0. The molecule has 6 atom stereocenters. The number of allylic oxidation sites excluding steroid dienone is 2. The van der Waals surface area contributed by atoms with Crippen LogP contribution in [0.3, 0.4) is 0 Å². The number of carbonyl (C=O) groups is 2. The van der Waals surface area contributed by atoms with Gasteiger partial charge in [-0.3, -0.25) is 9.59 Å². The minimum atomic E-state index is 0. The number of Topliss-reactive ketones (excluding diaryl/α,β-unsaturated/α-hetero) is 2. The zero-order valence-electron chi connectivity index (χ0n) is 12.7. The fourth-order valence-electron chi connectivity index (χ4n) is 4.99. The minimum absolute atomic E-state index is 0. The van der Waals surface area contributed by atoms with Crippen LogP contribution in [0, 0.1) is 35.5 Å². The average Bonchev–Trinajstić information content (AvgIpc) is 3.18. The van der Waals surface area contributed by atoms with Crippen LogP contribution < -0.4 is 0 Å². The molecule has 2 nitrogen and oxygen atoms in total. The normalized spacial score (nSPS) is 43.5. The SMILES string of the molecule is CC(=O)C1CC2C=CC1C2.CC(=O)C1CC2CCC1C2.[HH]. The highest BCUT2D eigenvalue weighted by atomic mass is 16.1. The molecule has 0 heterocycles. The van der Waals surface area contributed by atoms with Crippen molar-refractivity contribution in [2.24, 2.45) is 35.5 Å². The summed E-state index contributed by atoms with van der Waals surface area (Å²) in [5, 5.41) is 0. The Labute approximate surface area is 123 Å². The predicted octanol–water partition coefficient (Wildman–Crippen LogP) is 4.05. The van der Waals surface area contributed by atoms with Crippen LogP contribution in [0.2, 0.25) is 0 Å². The first-order valence-corrected chi connectivity index (χ1v) is 8.23. The summed E-state index contributed by atoms with van der Waals surface area (Å²) in [6, 6.07) is 0. The van der Waals surface area contributed by atoms with E-state index in [1.807, 2.05) is 0 Å². The van der Waals surface area contributed by atoms with Crippen molar-refractivity contribution in [1.29, 1.82) is 0 Å². The van der Waals surface area contributed by atoms with Crippen molar-refractivity contribution in [2.75, 3.05) is 0 Å². The summed E-state index contributed by atoms with van der Waals surface area (Å²) in [6.45, 7) is 3.48. The van der Waals surface area contributed by atoms with Crippen molar-refractivity contribution >= 4 is 11.6 Å². The Hall–Kier alpha value is -0.920. The van der Waals surface area contributed by atoms with E-state index in [4.69, 9.17) is 0 Å². The maximum Gasteiger partial charge on any atom is 0.133 e. The van der Waals surface area contributed by atoms with Crippen molar-refractivity contribution < 1.29 is 11.0 Å². The molecule has 3 fully saturated rings. The summed E-state index contributed by atoms with van der Waals surface area (Å²) in [6.07, 6.45) is 12.1. The molecule has 4 bridgehead atoms. The van der Waals surface area contributed by atoms with Gasteiger partial charge in [-0.25, -0.2) is 0 Å². The number of hydrogen-bond donors (Lipinski definition) is 0. The van der Waals surface area contributed by atoms with Gasteiger partial charge in [-0.15, -0.1) is 0 Å². The molecule has 4 aliphatic rings. The van der Waals surface area contributed by atoms with Gasteiger partial charge in [0.25, 0.3) is 0 Å². The lowest BCUT2D eigenvalue weighted by Crippen LogP contribution is -2.17. The van der Waals surface area contributed by atoms with Gasteiger partial charge in [0.05, 0.1) is 0 Å². The molecule has 0 aliphatic heterocycles. The molecule has 6 unspecified atom stereocenters. The van der Waals surface area contributed by atoms with Crippen LogP contribution in [-0.4, -0.2) is 11.6 Å². The Morgan fingerprint density at radius 2 is 1.65 bits per heavy atom. The van der Waals surface area contributed by atoms with Crippen molar-refractivity contribution in [3.8, 4) is 0 Å². The number of fused-ring (bicyclic) bond motifs is 4. The third kappa shape index (κ3) is 2.62. The molecule has 20 heavy (non-hydrogen) atoms. The van der Waals surface area contributed by atoms with Gasteiger partial charge in [0.1, 0.15) is 11.6 Å². The van der Waals surface area contributed by atoms with Crippen molar-refractivity contribution in [3.63, 3.8) is 0 Å². The van der Waals surface area contributed by atoms with E-state index in [0.29, 0.717) is 29.3 Å². The highest BCUT2D eigenvalue weighted by Crippen LogP contribution is 2.48. The monoisotopic (exact) mass is 276 g/mol. The topological polar surface area (TPSA) is 34.1 Å². The van der Waals surface area contributed by atoms with Gasteiger partial charge in [0, 0.05) is 13.3 Å². The van der Waals surface area contributed by atoms with Gasteiger partial charge < -0.3 is 0 Å². The Balaban J connectivity index is 0.000000147. The van der Waals surface area contributed by atoms with Crippen molar-refractivity contribution in [1.82, 2.24) is 0 Å². The fraction of sp³-hybridized carbons (Fsp3) is 0.778. The van der Waals surface area contributed by atoms with Gasteiger partial charge in [-0.2, -0.15) is 0 Å². The summed E-state index contributed by atoms with van der Waals surface area (Å²) in [7, 11) is 0. The number of carbonyl (C=O) groups excluding carboxylic acids is 2. The van der Waals surface area contributed by atoms with Crippen LogP contribution in [0.4, 0.5) is 0 Å². The van der Waals surface area contributed by atoms with E-state index in [1.165, 1.54) is 32.1 Å². The Morgan fingerprint density at radius 1 is 0.900 bits per heavy atom. The summed E-state index contributed by atoms with van der Waals surface area (Å²) >= 11 is 0. The standard InChI is InChI=1S/C9H14O.C9H12O.H2/c2*1-6(10)9-5-7-2-3-8(9)4-7;/h7-9H,2-5H2,1H3;2-3,7-9H,4-5H2,1H3;1H. The van der Waals surface area contributed by atoms with E-state index < -0.39 is 0 Å². The third-order valence-electron chi connectivity index (χ3n) is 6.06. The lowest BCUT2D eigenvalue weighted by atomic mass is 9.86. The molecule has 112 valence electrons. The summed E-state index contributed by atoms with van der Waals surface area (Å²) in [5.41, 5.74) is 0. The average molecular weight is 276 g/mol. The first kappa shape index (κ1) is 14.0. The first-order chi connectivity index (χ1) is 9.54. The second kappa shape index (κ2) is 5.46. The molecule has 0 N–H and O–H groups in total. The van der Waals surface area contributed by atoms with Crippen LogP contribution in [0.15, 0.2) is 12.2 Å². The van der Waals surface area contributed by atoms with Gasteiger partial charge in [-0.05, 0) is 69.6 Å². The molecule has 3 saturated carbocycles. The van der Waals surface area contributed by atoms with Crippen LogP contribution >= 0.6 is 0 Å². The Morgan fingerprint density at radius 3 is 1.95 bits per heavy atom. The van der Waals surface area contributed by atoms with Gasteiger partial charge in [0.15, 0.2) is 0 Å². The van der Waals surface area contributed by atoms with Gasteiger partial charge in [-0.1, -0.05) is 18.6 Å². The maximum absolute atomic E-state index is 11.0. The van der Waals surface area contributed by atoms with Crippen LogP contribution in [-0.2, 0) is 9.59 Å². The lowest BCUT2D eigenvalue weighted by Gasteiger charge is -2.17. The molecule has 0 amide bonds. The second-order valence-electron chi connectivity index (χ2n) is 7.39. The summed E-state index contributed by atoms with van der Waals surface area (Å²) in [5.74, 6) is 4.68. The molecule has 2 heteroatoms. The molecule has 4 aliphatic carbocycles. The quantitative estimate of drug-likeness (QED) is 0.713. The van der Waals surface area contributed by atoms with Gasteiger partial charge >= 0.3 is 0 Å². The molecule has 0 radical (unpaired) electrons. The number of ketones is 2. The minimum Gasteiger partial charge on any atom is -0.300 e. The molecular formula is C18H28O2. The summed E-state index contributed by atoms with van der Waals surface area (Å²) in [4.78, 5) is 22.0. The zero-order chi connectivity index (χ0) is 14.3. The molecule has 0 spiro atoms. The Kier molecular flexibility index (Phi) is 3.83. The highest BCUT2D eigenvalue weighted by Gasteiger charge is 2.41. The molecule has 4 rings (SSSR count). The van der Waals surface area contributed by atoms with E-state index in [9.17, 15) is 9.59 Å². The van der Waals surface area contributed by atoms with Crippen molar-refractivity contribution in [3.05, 3.63) is 12.2 Å². The zero-order valence-corrected chi connectivity index (χ0v) is 12.7.